The maximum absolute atomic E-state index is 11.8. The molecule has 0 radical (unpaired) electrons. The summed E-state index contributed by atoms with van der Waals surface area (Å²) in [5.41, 5.74) is 0.561. The molecule has 0 saturated carbocycles. The molecule has 0 aliphatic heterocycles. The Morgan fingerprint density at radius 2 is 1.90 bits per heavy atom. The molecule has 0 atom stereocenters. The van der Waals surface area contributed by atoms with Crippen LogP contribution in [-0.2, 0) is 9.59 Å². The van der Waals surface area contributed by atoms with Gasteiger partial charge in [0.15, 0.2) is 0 Å². The number of hydrogen-bond donors (Lipinski definition) is 2. The van der Waals surface area contributed by atoms with E-state index in [1.54, 1.807) is 18.2 Å². The first-order valence-corrected chi connectivity index (χ1v) is 6.87. The first-order valence-electron chi connectivity index (χ1n) is 6.87. The van der Waals surface area contributed by atoms with Crippen LogP contribution >= 0.6 is 0 Å². The van der Waals surface area contributed by atoms with Crippen LogP contribution in [-0.4, -0.2) is 51.0 Å². The first kappa shape index (κ1) is 17.0. The van der Waals surface area contributed by atoms with Crippen molar-refractivity contribution < 1.29 is 14.3 Å². The zero-order chi connectivity index (χ0) is 15.7. The van der Waals surface area contributed by atoms with Gasteiger partial charge in [-0.05, 0) is 39.2 Å². The van der Waals surface area contributed by atoms with Crippen molar-refractivity contribution in [2.45, 2.75) is 12.8 Å². The molecule has 6 nitrogen and oxygen atoms in total. The molecule has 0 heterocycles. The first-order chi connectivity index (χ1) is 10.0. The van der Waals surface area contributed by atoms with E-state index >= 15 is 0 Å². The Morgan fingerprint density at radius 3 is 2.57 bits per heavy atom. The summed E-state index contributed by atoms with van der Waals surface area (Å²) in [6.45, 7) is 1.46. The van der Waals surface area contributed by atoms with E-state index in [0.29, 0.717) is 18.0 Å². The lowest BCUT2D eigenvalue weighted by atomic mass is 10.2. The molecule has 0 unspecified atom stereocenters. The zero-order valence-electron chi connectivity index (χ0n) is 12.8. The zero-order valence-corrected chi connectivity index (χ0v) is 12.8. The summed E-state index contributed by atoms with van der Waals surface area (Å²) >= 11 is 0. The lowest BCUT2D eigenvalue weighted by molar-refractivity contribution is -0.126. The van der Waals surface area contributed by atoms with Crippen molar-refractivity contribution in [3.05, 3.63) is 24.3 Å². The predicted molar refractivity (Wildman–Crippen MR) is 82.4 cm³/mol. The van der Waals surface area contributed by atoms with Gasteiger partial charge in [0.2, 0.25) is 11.8 Å². The molecule has 2 amide bonds. The van der Waals surface area contributed by atoms with Crippen LogP contribution in [0.3, 0.4) is 0 Å². The quantitative estimate of drug-likeness (QED) is 0.556. The highest BCUT2D eigenvalue weighted by Crippen LogP contribution is 2.22. The van der Waals surface area contributed by atoms with Gasteiger partial charge in [-0.2, -0.15) is 0 Å². The number of methoxy groups -OCH3 is 1. The summed E-state index contributed by atoms with van der Waals surface area (Å²) in [5, 5.41) is 5.39. The van der Waals surface area contributed by atoms with Crippen LogP contribution in [0.4, 0.5) is 5.69 Å². The van der Waals surface area contributed by atoms with Gasteiger partial charge >= 0.3 is 0 Å². The fourth-order valence-electron chi connectivity index (χ4n) is 1.77. The molecule has 1 rings (SSSR count). The Hall–Kier alpha value is -2.08. The van der Waals surface area contributed by atoms with E-state index < -0.39 is 0 Å². The third-order valence-corrected chi connectivity index (χ3v) is 2.81. The molecule has 0 bridgehead atoms. The number of ether oxygens (including phenoxy) is 1. The number of anilines is 1. The van der Waals surface area contributed by atoms with Crippen LogP contribution in [0.1, 0.15) is 12.8 Å². The largest absolute Gasteiger partial charge is 0.495 e. The van der Waals surface area contributed by atoms with Crippen LogP contribution < -0.4 is 15.4 Å². The van der Waals surface area contributed by atoms with E-state index in [-0.39, 0.29) is 18.2 Å². The predicted octanol–water partition coefficient (Wildman–Crippen LogP) is 1.09. The molecule has 0 fully saturated rings. The van der Waals surface area contributed by atoms with Crippen LogP contribution in [0, 0.1) is 0 Å². The van der Waals surface area contributed by atoms with Crippen molar-refractivity contribution >= 4 is 17.5 Å². The van der Waals surface area contributed by atoms with Crippen molar-refractivity contribution in [2.75, 3.05) is 39.6 Å². The number of benzene rings is 1. The Labute approximate surface area is 125 Å². The summed E-state index contributed by atoms with van der Waals surface area (Å²) in [6.07, 6.45) is 0.660. The lowest BCUT2D eigenvalue weighted by Crippen LogP contribution is -2.30. The molecule has 0 aliphatic carbocycles. The van der Waals surface area contributed by atoms with E-state index in [1.165, 1.54) is 7.11 Å². The highest BCUT2D eigenvalue weighted by molar-refractivity contribution is 6.04. The lowest BCUT2D eigenvalue weighted by Gasteiger charge is -2.11. The molecular weight excluding hydrogens is 270 g/mol. The van der Waals surface area contributed by atoms with Crippen molar-refractivity contribution in [2.24, 2.45) is 0 Å². The minimum absolute atomic E-state index is 0.194. The van der Waals surface area contributed by atoms with Crippen LogP contribution in [0.2, 0.25) is 0 Å². The molecule has 0 saturated heterocycles. The minimum Gasteiger partial charge on any atom is -0.495 e. The van der Waals surface area contributed by atoms with Crippen LogP contribution in [0.25, 0.3) is 0 Å². The average molecular weight is 293 g/mol. The molecule has 1 aromatic carbocycles. The van der Waals surface area contributed by atoms with E-state index in [2.05, 4.69) is 10.6 Å². The van der Waals surface area contributed by atoms with Crippen molar-refractivity contribution in [1.29, 1.82) is 0 Å². The standard InChI is InChI=1S/C15H23N3O3/c1-18(2)10-6-9-16-14(19)11-15(20)17-12-7-4-5-8-13(12)21-3/h4-5,7-8H,6,9-11H2,1-3H3,(H,16,19)(H,17,20). The molecule has 0 aliphatic rings. The Bertz CT molecular complexity index is 475. The van der Waals surface area contributed by atoms with Crippen molar-refractivity contribution in [3.63, 3.8) is 0 Å². The SMILES string of the molecule is COc1ccccc1NC(=O)CC(=O)NCCCN(C)C. The molecule has 2 N–H and O–H groups in total. The summed E-state index contributed by atoms with van der Waals surface area (Å²) in [4.78, 5) is 25.5. The second-order valence-electron chi connectivity index (χ2n) is 4.93. The molecular formula is C15H23N3O3. The van der Waals surface area contributed by atoms with Gasteiger partial charge in [-0.3, -0.25) is 9.59 Å². The third kappa shape index (κ3) is 6.76. The average Bonchev–Trinajstić information content (AvgIpc) is 2.44. The summed E-state index contributed by atoms with van der Waals surface area (Å²) in [5.74, 6) is -0.0667. The second-order valence-corrected chi connectivity index (χ2v) is 4.93. The normalized spacial score (nSPS) is 10.3. The van der Waals surface area contributed by atoms with Gasteiger partial charge in [0.05, 0.1) is 12.8 Å². The van der Waals surface area contributed by atoms with E-state index in [4.69, 9.17) is 4.74 Å². The van der Waals surface area contributed by atoms with Gasteiger partial charge in [0, 0.05) is 6.54 Å². The Balaban J connectivity index is 2.34. The summed E-state index contributed by atoms with van der Waals surface area (Å²) in [7, 11) is 5.48. The molecule has 21 heavy (non-hydrogen) atoms. The Morgan fingerprint density at radius 1 is 1.19 bits per heavy atom. The number of nitrogens with one attached hydrogen (secondary N) is 2. The topological polar surface area (TPSA) is 70.7 Å². The van der Waals surface area contributed by atoms with E-state index in [0.717, 1.165) is 13.0 Å². The number of hydrogen-bond acceptors (Lipinski definition) is 4. The smallest absolute Gasteiger partial charge is 0.233 e. The highest BCUT2D eigenvalue weighted by Gasteiger charge is 2.11. The fraction of sp³-hybridized carbons (Fsp3) is 0.467. The molecule has 1 aromatic rings. The summed E-state index contributed by atoms with van der Waals surface area (Å²) in [6, 6.07) is 7.08. The number of nitrogens with zero attached hydrogens (tertiary/aromatic N) is 1. The van der Waals surface area contributed by atoms with Gasteiger partial charge in [-0.15, -0.1) is 0 Å². The van der Waals surface area contributed by atoms with Crippen LogP contribution in [0.15, 0.2) is 24.3 Å². The van der Waals surface area contributed by atoms with Gasteiger partial charge in [0.25, 0.3) is 0 Å². The van der Waals surface area contributed by atoms with E-state index in [1.807, 2.05) is 25.1 Å². The van der Waals surface area contributed by atoms with Crippen molar-refractivity contribution in [3.8, 4) is 5.75 Å². The third-order valence-electron chi connectivity index (χ3n) is 2.81. The van der Waals surface area contributed by atoms with Gasteiger partial charge in [-0.25, -0.2) is 0 Å². The number of para-hydroxylation sites is 2. The Kier molecular flexibility index (Phi) is 7.25. The maximum Gasteiger partial charge on any atom is 0.233 e. The second kappa shape index (κ2) is 8.97. The van der Waals surface area contributed by atoms with Gasteiger partial charge in [-0.1, -0.05) is 12.1 Å². The molecule has 6 heteroatoms. The number of carbonyl (C=O) groups is 2. The number of amides is 2. The highest BCUT2D eigenvalue weighted by atomic mass is 16.5. The van der Waals surface area contributed by atoms with Gasteiger partial charge in [0.1, 0.15) is 12.2 Å². The van der Waals surface area contributed by atoms with Crippen molar-refractivity contribution in [1.82, 2.24) is 10.2 Å². The fourth-order valence-corrected chi connectivity index (χ4v) is 1.77. The molecule has 0 aromatic heterocycles. The monoisotopic (exact) mass is 293 g/mol. The number of carbonyl (C=O) groups excluding carboxylic acids is 2. The minimum atomic E-state index is -0.357. The molecule has 116 valence electrons. The van der Waals surface area contributed by atoms with E-state index in [9.17, 15) is 9.59 Å². The maximum atomic E-state index is 11.8. The number of rotatable bonds is 8. The van der Waals surface area contributed by atoms with Crippen LogP contribution in [0.5, 0.6) is 5.75 Å². The molecule has 0 spiro atoms. The van der Waals surface area contributed by atoms with Gasteiger partial charge < -0.3 is 20.3 Å². The summed E-state index contributed by atoms with van der Waals surface area (Å²) < 4.78 is 5.13.